The maximum Gasteiger partial charge on any atom is 0.349 e. The molecule has 2 heterocycles. The lowest BCUT2D eigenvalue weighted by atomic mass is 10.2. The molecule has 0 radical (unpaired) electrons. The molecule has 0 aliphatic carbocycles. The van der Waals surface area contributed by atoms with Crippen molar-refractivity contribution in [3.63, 3.8) is 0 Å². The van der Waals surface area contributed by atoms with E-state index in [2.05, 4.69) is 8.05 Å². The first kappa shape index (κ1) is 9.45. The molecule has 0 N–H and O–H groups in total. The zero-order valence-electron chi connectivity index (χ0n) is 7.40. The van der Waals surface area contributed by atoms with Crippen molar-refractivity contribution in [2.45, 2.75) is 0 Å². The van der Waals surface area contributed by atoms with Crippen LogP contribution in [0.3, 0.4) is 0 Å². The maximum absolute atomic E-state index is 11.4. The Labute approximate surface area is 94.6 Å². The van der Waals surface area contributed by atoms with Gasteiger partial charge in [0.1, 0.15) is 5.65 Å². The van der Waals surface area contributed by atoms with E-state index < -0.39 is 0 Å². The number of aryl methyl sites for hydroxylation is 1. The summed E-state index contributed by atoms with van der Waals surface area (Å²) in [4.78, 5) is 15.5. The average Bonchev–Trinajstić information content (AvgIpc) is 2.56. The number of nitrogens with zero attached hydrogens (tertiary/aromatic N) is 2. The molecule has 0 aromatic carbocycles. The average molecular weight is 302 g/mol. The molecule has 2 aromatic heterocycles. The minimum absolute atomic E-state index is 0.343. The number of pyridine rings is 1. The van der Waals surface area contributed by atoms with Crippen molar-refractivity contribution in [1.82, 2.24) is 9.55 Å². The van der Waals surface area contributed by atoms with Crippen LogP contribution in [-0.4, -0.2) is 15.5 Å². The van der Waals surface area contributed by atoms with Crippen LogP contribution < -0.4 is 0 Å². The highest BCUT2D eigenvalue weighted by Crippen LogP contribution is 2.19. The maximum atomic E-state index is 11.4. The second kappa shape index (κ2) is 3.56. The molecule has 0 fully saturated rings. The summed E-state index contributed by atoms with van der Waals surface area (Å²) in [5, 5.41) is 0.816. The van der Waals surface area contributed by atoms with Crippen LogP contribution in [-0.2, 0) is 10.1 Å². The third kappa shape index (κ3) is 1.37. The van der Waals surface area contributed by atoms with E-state index in [0.717, 1.165) is 11.0 Å². The smallest absolute Gasteiger partial charge is 0.349 e. The van der Waals surface area contributed by atoms with E-state index in [9.17, 15) is 4.79 Å². The zero-order chi connectivity index (χ0) is 10.1. The summed E-state index contributed by atoms with van der Waals surface area (Å²) in [6.07, 6.45) is 3.42. The highest BCUT2D eigenvalue weighted by molar-refractivity contribution is 14.1. The van der Waals surface area contributed by atoms with E-state index in [1.807, 2.05) is 13.1 Å². The van der Waals surface area contributed by atoms with Crippen molar-refractivity contribution >= 4 is 40.0 Å². The van der Waals surface area contributed by atoms with Gasteiger partial charge in [-0.3, -0.25) is 0 Å². The molecule has 0 aliphatic rings. The van der Waals surface area contributed by atoms with Gasteiger partial charge in [-0.15, -0.1) is 0 Å². The summed E-state index contributed by atoms with van der Waals surface area (Å²) in [5.41, 5.74) is 1.33. The first-order valence-corrected chi connectivity index (χ1v) is 4.85. The van der Waals surface area contributed by atoms with Gasteiger partial charge in [0.25, 0.3) is 0 Å². The Balaban J connectivity index is 2.72. The topological polar surface area (TPSA) is 44.1 Å². The quantitative estimate of drug-likeness (QED) is 0.758. The second-order valence-corrected chi connectivity index (χ2v) is 3.33. The van der Waals surface area contributed by atoms with Crippen LogP contribution in [0.1, 0.15) is 10.4 Å². The van der Waals surface area contributed by atoms with Crippen molar-refractivity contribution in [3.8, 4) is 0 Å². The molecule has 0 amide bonds. The molecule has 0 spiro atoms. The highest BCUT2D eigenvalue weighted by Gasteiger charge is 2.14. The third-order valence-electron chi connectivity index (χ3n) is 2.02. The predicted octanol–water partition coefficient (Wildman–Crippen LogP) is 2.08. The summed E-state index contributed by atoms with van der Waals surface area (Å²) in [6.45, 7) is 0. The second-order valence-electron chi connectivity index (χ2n) is 2.89. The zero-order valence-corrected chi connectivity index (χ0v) is 9.56. The van der Waals surface area contributed by atoms with Gasteiger partial charge in [0.15, 0.2) is 23.0 Å². The van der Waals surface area contributed by atoms with Crippen LogP contribution in [0.15, 0.2) is 24.5 Å². The number of fused-ring (bicyclic) bond motifs is 1. The molecule has 0 aliphatic heterocycles. The van der Waals surface area contributed by atoms with Gasteiger partial charge in [0.05, 0.1) is 5.56 Å². The molecule has 0 atom stereocenters. The minimum atomic E-state index is -0.343. The Morgan fingerprint density at radius 3 is 3.14 bits per heavy atom. The first-order chi connectivity index (χ1) is 6.74. The lowest BCUT2D eigenvalue weighted by Crippen LogP contribution is -1.95. The van der Waals surface area contributed by atoms with E-state index in [-0.39, 0.29) is 5.97 Å². The fourth-order valence-corrected chi connectivity index (χ4v) is 1.65. The third-order valence-corrected chi connectivity index (χ3v) is 2.42. The molecule has 2 aromatic rings. The largest absolute Gasteiger partial charge is 0.391 e. The van der Waals surface area contributed by atoms with Gasteiger partial charge < -0.3 is 7.63 Å². The van der Waals surface area contributed by atoms with Crippen LogP contribution in [0.2, 0.25) is 0 Å². The van der Waals surface area contributed by atoms with Crippen LogP contribution in [0.25, 0.3) is 11.0 Å². The molecule has 0 bridgehead atoms. The summed E-state index contributed by atoms with van der Waals surface area (Å²) >= 11 is 1.58. The van der Waals surface area contributed by atoms with Crippen molar-refractivity contribution in [3.05, 3.63) is 30.1 Å². The molecule has 14 heavy (non-hydrogen) atoms. The van der Waals surface area contributed by atoms with E-state index in [0.29, 0.717) is 5.56 Å². The molecule has 0 unspecified atom stereocenters. The van der Waals surface area contributed by atoms with E-state index in [4.69, 9.17) is 0 Å². The van der Waals surface area contributed by atoms with Crippen LogP contribution in [0.5, 0.6) is 0 Å². The van der Waals surface area contributed by atoms with Gasteiger partial charge in [-0.05, 0) is 12.1 Å². The first-order valence-electron chi connectivity index (χ1n) is 3.97. The number of hydrogen-bond donors (Lipinski definition) is 0. The number of aromatic nitrogens is 2. The number of rotatable bonds is 1. The Kier molecular flexibility index (Phi) is 2.40. The summed E-state index contributed by atoms with van der Waals surface area (Å²) in [7, 11) is 1.85. The lowest BCUT2D eigenvalue weighted by molar-refractivity contribution is 0.0802. The van der Waals surface area contributed by atoms with Crippen LogP contribution in [0, 0.1) is 0 Å². The number of carbonyl (C=O) groups excluding carboxylic acids is 1. The standard InChI is InChI=1S/C9H7IN2O2/c1-12-5-7(9(13)14-10)6-3-2-4-11-8(6)12/h2-5H,1H3. The Morgan fingerprint density at radius 1 is 1.64 bits per heavy atom. The summed E-state index contributed by atoms with van der Waals surface area (Å²) in [6, 6.07) is 3.65. The van der Waals surface area contributed by atoms with Gasteiger partial charge in [-0.25, -0.2) is 9.78 Å². The van der Waals surface area contributed by atoms with E-state index >= 15 is 0 Å². The molecule has 0 saturated heterocycles. The molecular formula is C9H7IN2O2. The monoisotopic (exact) mass is 302 g/mol. The highest BCUT2D eigenvalue weighted by atomic mass is 127. The molecule has 5 heteroatoms. The lowest BCUT2D eigenvalue weighted by Gasteiger charge is -1.93. The van der Waals surface area contributed by atoms with Gasteiger partial charge in [-0.1, -0.05) is 0 Å². The summed E-state index contributed by atoms with van der Waals surface area (Å²) in [5.74, 6) is -0.343. The van der Waals surface area contributed by atoms with Gasteiger partial charge in [0.2, 0.25) is 0 Å². The van der Waals surface area contributed by atoms with Crippen molar-refractivity contribution in [1.29, 1.82) is 0 Å². The fourth-order valence-electron chi connectivity index (χ4n) is 1.42. The van der Waals surface area contributed by atoms with Gasteiger partial charge in [-0.2, -0.15) is 0 Å². The van der Waals surface area contributed by atoms with Gasteiger partial charge in [0, 0.05) is 24.8 Å². The van der Waals surface area contributed by atoms with Crippen molar-refractivity contribution < 1.29 is 7.86 Å². The molecule has 4 nitrogen and oxygen atoms in total. The Bertz CT molecular complexity index is 493. The van der Waals surface area contributed by atoms with Crippen molar-refractivity contribution in [2.75, 3.05) is 0 Å². The van der Waals surface area contributed by atoms with Crippen LogP contribution >= 0.6 is 23.0 Å². The molecule has 0 saturated carbocycles. The Morgan fingerprint density at radius 2 is 2.43 bits per heavy atom. The summed E-state index contributed by atoms with van der Waals surface area (Å²) < 4.78 is 6.45. The minimum Gasteiger partial charge on any atom is -0.391 e. The fraction of sp³-hybridized carbons (Fsp3) is 0.111. The SMILES string of the molecule is Cn1cc(C(=O)OI)c2cccnc21. The van der Waals surface area contributed by atoms with E-state index in [1.54, 1.807) is 46.0 Å². The van der Waals surface area contributed by atoms with Crippen LogP contribution in [0.4, 0.5) is 0 Å². The number of halogens is 1. The van der Waals surface area contributed by atoms with Gasteiger partial charge >= 0.3 is 5.97 Å². The normalized spacial score (nSPS) is 10.4. The Hall–Kier alpha value is -1.11. The van der Waals surface area contributed by atoms with E-state index in [1.165, 1.54) is 0 Å². The van der Waals surface area contributed by atoms with Crippen molar-refractivity contribution in [2.24, 2.45) is 7.05 Å². The number of hydrogen-bond acceptors (Lipinski definition) is 3. The molecule has 72 valence electrons. The molecule has 2 rings (SSSR count). The predicted molar refractivity (Wildman–Crippen MR) is 60.1 cm³/mol. The molecular weight excluding hydrogens is 295 g/mol. The number of carbonyl (C=O) groups is 1.